The van der Waals surface area contributed by atoms with Crippen LogP contribution in [-0.4, -0.2) is 89.7 Å². The van der Waals surface area contributed by atoms with E-state index >= 15 is 0 Å². The number of likely N-dealkylation sites (N-methyl/N-ethyl adjacent to an activating group) is 1. The molecule has 12 heteroatoms. The lowest BCUT2D eigenvalue weighted by Crippen LogP contribution is -2.76. The average Bonchev–Trinajstić information content (AvgIpc) is 2.88. The first-order chi connectivity index (χ1) is 18.4. The summed E-state index contributed by atoms with van der Waals surface area (Å²) in [6.45, 7) is 8.67. The van der Waals surface area contributed by atoms with E-state index < -0.39 is 28.3 Å². The largest absolute Gasteiger partial charge is 0.335 e. The third kappa shape index (κ3) is 5.80. The Hall–Kier alpha value is -1.88. The smallest absolute Gasteiger partial charge is 0.246 e. The van der Waals surface area contributed by atoms with Gasteiger partial charge >= 0.3 is 0 Å². The van der Waals surface area contributed by atoms with Crippen LogP contribution in [0.1, 0.15) is 33.3 Å². The van der Waals surface area contributed by atoms with Crippen molar-refractivity contribution in [2.45, 2.75) is 63.3 Å². The molecule has 2 fully saturated rings. The maximum absolute atomic E-state index is 14.2. The number of amides is 2. The van der Waals surface area contributed by atoms with Crippen molar-refractivity contribution >= 4 is 56.6 Å². The lowest BCUT2D eigenvalue weighted by Gasteiger charge is -2.55. The van der Waals surface area contributed by atoms with Crippen LogP contribution in [-0.2, 0) is 26.0 Å². The number of halogens is 3. The highest BCUT2D eigenvalue weighted by Crippen LogP contribution is 2.36. The predicted octanol–water partition coefficient (Wildman–Crippen LogP) is 4.38. The molecule has 8 nitrogen and oxygen atoms in total. The SMILES string of the molecule is CCN(CC)C1CN(S(=O)(=O)c2ccc(Cl)cc2Cl)C2CN(C(C)C)C(=O)C(Cc3ccc(Cl)cc3)N2C1=O. The summed E-state index contributed by atoms with van der Waals surface area (Å²) in [4.78, 5) is 33.0. The van der Waals surface area contributed by atoms with Gasteiger partial charge in [0.15, 0.2) is 0 Å². The Labute approximate surface area is 245 Å². The van der Waals surface area contributed by atoms with Gasteiger partial charge in [0.05, 0.1) is 11.6 Å². The molecule has 0 N–H and O–H groups in total. The molecule has 2 aliphatic rings. The van der Waals surface area contributed by atoms with Crippen LogP contribution in [0.5, 0.6) is 0 Å². The molecule has 2 amide bonds. The Morgan fingerprint density at radius 2 is 1.54 bits per heavy atom. The van der Waals surface area contributed by atoms with Gasteiger partial charge in [0.1, 0.15) is 23.1 Å². The van der Waals surface area contributed by atoms with Crippen molar-refractivity contribution in [3.63, 3.8) is 0 Å². The molecular formula is C27H33Cl3N4O4S. The summed E-state index contributed by atoms with van der Waals surface area (Å²) in [6, 6.07) is 9.49. The molecule has 212 valence electrons. The monoisotopic (exact) mass is 614 g/mol. The van der Waals surface area contributed by atoms with Crippen LogP contribution in [0.2, 0.25) is 15.1 Å². The number of carbonyl (C=O) groups excluding carboxylic acids is 2. The van der Waals surface area contributed by atoms with Crippen LogP contribution in [0.4, 0.5) is 0 Å². The number of hydrogen-bond acceptors (Lipinski definition) is 5. The van der Waals surface area contributed by atoms with E-state index in [4.69, 9.17) is 34.8 Å². The van der Waals surface area contributed by atoms with Gasteiger partial charge in [-0.3, -0.25) is 14.5 Å². The summed E-state index contributed by atoms with van der Waals surface area (Å²) in [6.07, 6.45) is -0.680. The zero-order valence-electron chi connectivity index (χ0n) is 22.4. The quantitative estimate of drug-likeness (QED) is 0.441. The standard InChI is InChI=1S/C27H33Cl3N4O4S/c1-5-31(6-2)23-15-33(39(37,38)24-12-11-20(29)14-21(24)30)25-16-32(17(3)4)26(35)22(34(25)27(23)36)13-18-7-9-19(28)10-8-18/h7-12,14,17,22-23,25H,5-6,13,15-16H2,1-4H3. The second-order valence-electron chi connectivity index (χ2n) is 10.0. The molecule has 2 aromatic carbocycles. The predicted molar refractivity (Wildman–Crippen MR) is 153 cm³/mol. The summed E-state index contributed by atoms with van der Waals surface area (Å²) in [5.74, 6) is -0.473. The van der Waals surface area contributed by atoms with E-state index in [1.807, 2.05) is 44.7 Å². The van der Waals surface area contributed by atoms with Crippen molar-refractivity contribution in [3.8, 4) is 0 Å². The number of hydrogen-bond donors (Lipinski definition) is 0. The third-order valence-electron chi connectivity index (χ3n) is 7.51. The van der Waals surface area contributed by atoms with Crippen LogP contribution < -0.4 is 0 Å². The molecule has 0 aliphatic carbocycles. The fourth-order valence-corrected chi connectivity index (χ4v) is 7.90. The highest BCUT2D eigenvalue weighted by Gasteiger charge is 2.54. The lowest BCUT2D eigenvalue weighted by atomic mass is 9.96. The molecule has 0 radical (unpaired) electrons. The minimum absolute atomic E-state index is 0.00402. The van der Waals surface area contributed by atoms with Crippen molar-refractivity contribution in [2.24, 2.45) is 0 Å². The molecule has 4 rings (SSSR count). The van der Waals surface area contributed by atoms with Gasteiger partial charge in [0.25, 0.3) is 0 Å². The van der Waals surface area contributed by atoms with Crippen LogP contribution >= 0.6 is 34.8 Å². The van der Waals surface area contributed by atoms with Crippen LogP contribution in [0.3, 0.4) is 0 Å². The van der Waals surface area contributed by atoms with Crippen molar-refractivity contribution in [1.29, 1.82) is 0 Å². The van der Waals surface area contributed by atoms with E-state index in [1.54, 1.807) is 17.0 Å². The first-order valence-corrected chi connectivity index (χ1v) is 15.6. The number of piperazine rings is 1. The van der Waals surface area contributed by atoms with Gasteiger partial charge in [0, 0.05) is 29.1 Å². The summed E-state index contributed by atoms with van der Waals surface area (Å²) in [7, 11) is -4.19. The van der Waals surface area contributed by atoms with Gasteiger partial charge in [-0.2, -0.15) is 4.31 Å². The Morgan fingerprint density at radius 1 is 0.923 bits per heavy atom. The fourth-order valence-electron chi connectivity index (χ4n) is 5.44. The number of sulfonamides is 1. The molecule has 2 saturated heterocycles. The maximum atomic E-state index is 14.2. The molecule has 3 unspecified atom stereocenters. The number of carbonyl (C=O) groups is 2. The molecule has 3 atom stereocenters. The fraction of sp³-hybridized carbons (Fsp3) is 0.481. The molecule has 2 aromatic rings. The number of rotatable bonds is 8. The van der Waals surface area contributed by atoms with Gasteiger partial charge < -0.3 is 9.80 Å². The number of benzene rings is 2. The van der Waals surface area contributed by atoms with Gasteiger partial charge in [-0.15, -0.1) is 0 Å². The van der Waals surface area contributed by atoms with Gasteiger partial charge in [-0.25, -0.2) is 8.42 Å². The van der Waals surface area contributed by atoms with Crippen LogP contribution in [0, 0.1) is 0 Å². The van der Waals surface area contributed by atoms with Gasteiger partial charge in [-0.1, -0.05) is 60.8 Å². The maximum Gasteiger partial charge on any atom is 0.246 e. The van der Waals surface area contributed by atoms with Gasteiger partial charge in [0.2, 0.25) is 21.8 Å². The summed E-state index contributed by atoms with van der Waals surface area (Å²) in [5.41, 5.74) is 0.815. The number of nitrogens with zero attached hydrogens (tertiary/aromatic N) is 4. The van der Waals surface area contributed by atoms with E-state index in [0.29, 0.717) is 23.1 Å². The van der Waals surface area contributed by atoms with E-state index in [2.05, 4.69) is 0 Å². The average molecular weight is 616 g/mol. The Balaban J connectivity index is 1.87. The first-order valence-electron chi connectivity index (χ1n) is 13.0. The van der Waals surface area contributed by atoms with Crippen molar-refractivity contribution in [3.05, 3.63) is 63.1 Å². The highest BCUT2D eigenvalue weighted by molar-refractivity contribution is 7.89. The minimum atomic E-state index is -4.19. The lowest BCUT2D eigenvalue weighted by molar-refractivity contribution is -0.172. The molecule has 0 aromatic heterocycles. The van der Waals surface area contributed by atoms with Gasteiger partial charge in [-0.05, 0) is 62.8 Å². The summed E-state index contributed by atoms with van der Waals surface area (Å²) >= 11 is 18.5. The zero-order chi connectivity index (χ0) is 28.6. The molecule has 39 heavy (non-hydrogen) atoms. The second kappa shape index (κ2) is 11.9. The number of fused-ring (bicyclic) bond motifs is 1. The minimum Gasteiger partial charge on any atom is -0.335 e. The second-order valence-corrected chi connectivity index (χ2v) is 13.2. The van der Waals surface area contributed by atoms with Crippen LogP contribution in [0.15, 0.2) is 47.4 Å². The normalized spacial score (nSPS) is 22.6. The molecule has 0 spiro atoms. The van der Waals surface area contributed by atoms with E-state index in [-0.39, 0.29) is 47.3 Å². The van der Waals surface area contributed by atoms with Crippen molar-refractivity contribution < 1.29 is 18.0 Å². The van der Waals surface area contributed by atoms with E-state index in [1.165, 1.54) is 27.4 Å². The Bertz CT molecular complexity index is 1340. The van der Waals surface area contributed by atoms with Crippen molar-refractivity contribution in [2.75, 3.05) is 26.2 Å². The summed E-state index contributed by atoms with van der Waals surface area (Å²) in [5, 5.41) is 0.867. The van der Waals surface area contributed by atoms with E-state index in [0.717, 1.165) is 5.56 Å². The van der Waals surface area contributed by atoms with Crippen LogP contribution in [0.25, 0.3) is 0 Å². The molecule has 2 heterocycles. The highest BCUT2D eigenvalue weighted by atomic mass is 35.5. The molecule has 2 aliphatic heterocycles. The van der Waals surface area contributed by atoms with E-state index in [9.17, 15) is 18.0 Å². The topological polar surface area (TPSA) is 81.2 Å². The molecule has 0 bridgehead atoms. The molecular weight excluding hydrogens is 583 g/mol. The van der Waals surface area contributed by atoms with Crippen molar-refractivity contribution in [1.82, 2.24) is 19.0 Å². The Morgan fingerprint density at radius 3 is 2.10 bits per heavy atom. The first kappa shape index (κ1) is 30.1. The third-order valence-corrected chi connectivity index (χ3v) is 10.3. The Kier molecular flexibility index (Phi) is 9.20. The zero-order valence-corrected chi connectivity index (χ0v) is 25.4. The summed E-state index contributed by atoms with van der Waals surface area (Å²) < 4.78 is 29.8. The molecule has 0 saturated carbocycles.